The molecule has 1 N–H and O–H groups in total. The van der Waals surface area contributed by atoms with Gasteiger partial charge in [-0.3, -0.25) is 19.7 Å². The monoisotopic (exact) mass is 371 g/mol. The Balaban J connectivity index is 1.63. The second-order valence-corrected chi connectivity index (χ2v) is 6.81. The second kappa shape index (κ2) is 6.19. The van der Waals surface area contributed by atoms with Crippen molar-refractivity contribution in [3.8, 4) is 11.5 Å². The van der Waals surface area contributed by atoms with Gasteiger partial charge in [-0.2, -0.15) is 10.1 Å². The van der Waals surface area contributed by atoms with Crippen molar-refractivity contribution < 1.29 is 24.4 Å². The van der Waals surface area contributed by atoms with Crippen LogP contribution in [0.1, 0.15) is 18.9 Å². The van der Waals surface area contributed by atoms with Crippen LogP contribution in [-0.2, 0) is 9.59 Å². The lowest BCUT2D eigenvalue weighted by Crippen LogP contribution is -2.28. The Morgan fingerprint density at radius 1 is 1.30 bits per heavy atom. The Bertz CT molecular complexity index is 879. The summed E-state index contributed by atoms with van der Waals surface area (Å²) in [6.45, 7) is 1.88. The molecule has 1 saturated heterocycles. The van der Waals surface area contributed by atoms with Crippen molar-refractivity contribution in [2.75, 3.05) is 6.61 Å². The van der Waals surface area contributed by atoms with E-state index in [9.17, 15) is 24.8 Å². The third-order valence-corrected chi connectivity index (χ3v) is 5.34. The minimum Gasteiger partial charge on any atom is -0.500 e. The van der Waals surface area contributed by atoms with Crippen molar-refractivity contribution >= 4 is 23.7 Å². The predicted molar refractivity (Wildman–Crippen MR) is 93.1 cm³/mol. The molecule has 2 amide bonds. The molecule has 1 heterocycles. The number of hydrazone groups is 1. The third-order valence-electron chi connectivity index (χ3n) is 5.34. The Labute approximate surface area is 154 Å². The van der Waals surface area contributed by atoms with Crippen molar-refractivity contribution in [1.82, 2.24) is 5.01 Å². The van der Waals surface area contributed by atoms with Crippen molar-refractivity contribution in [3.63, 3.8) is 0 Å². The molecule has 1 saturated carbocycles. The zero-order valence-electron chi connectivity index (χ0n) is 14.4. The highest BCUT2D eigenvalue weighted by atomic mass is 16.6. The minimum absolute atomic E-state index is 0.0636. The first kappa shape index (κ1) is 17.2. The van der Waals surface area contributed by atoms with Gasteiger partial charge in [0, 0.05) is 11.6 Å². The molecule has 4 rings (SSSR count). The summed E-state index contributed by atoms with van der Waals surface area (Å²) >= 11 is 0. The lowest BCUT2D eigenvalue weighted by Gasteiger charge is -2.13. The summed E-state index contributed by atoms with van der Waals surface area (Å²) in [6.07, 6.45) is 6.00. The number of fused-ring (bicyclic) bond motifs is 5. The first-order chi connectivity index (χ1) is 12.9. The van der Waals surface area contributed by atoms with Gasteiger partial charge in [-0.25, -0.2) is 0 Å². The molecule has 1 aromatic rings. The van der Waals surface area contributed by atoms with E-state index >= 15 is 0 Å². The topological polar surface area (TPSA) is 122 Å². The molecule has 4 atom stereocenters. The fraction of sp³-hybridized carbons (Fsp3) is 0.389. The predicted octanol–water partition coefficient (Wildman–Crippen LogP) is 1.84. The Morgan fingerprint density at radius 3 is 2.48 bits per heavy atom. The van der Waals surface area contributed by atoms with Gasteiger partial charge in [-0.05, 0) is 31.2 Å². The number of rotatable bonds is 5. The van der Waals surface area contributed by atoms with Gasteiger partial charge in [0.25, 0.3) is 11.8 Å². The van der Waals surface area contributed by atoms with E-state index in [2.05, 4.69) is 5.10 Å². The minimum atomic E-state index is -0.741. The van der Waals surface area contributed by atoms with Gasteiger partial charge in [0.05, 0.1) is 29.6 Å². The number of phenols is 1. The molecule has 2 bridgehead atoms. The summed E-state index contributed by atoms with van der Waals surface area (Å²) in [6, 6.07) is 2.48. The summed E-state index contributed by atoms with van der Waals surface area (Å²) in [4.78, 5) is 35.6. The molecule has 9 nitrogen and oxygen atoms in total. The van der Waals surface area contributed by atoms with Gasteiger partial charge in [0.1, 0.15) is 0 Å². The number of nitrogens with zero attached hydrogens (tertiary/aromatic N) is 3. The molecular formula is C18H17N3O6. The van der Waals surface area contributed by atoms with E-state index in [-0.39, 0.29) is 53.4 Å². The molecule has 2 aliphatic carbocycles. The number of hydrogen-bond donors (Lipinski definition) is 1. The average Bonchev–Trinajstić information content (AvgIpc) is 3.30. The van der Waals surface area contributed by atoms with Crippen LogP contribution in [0.4, 0.5) is 5.69 Å². The molecule has 0 unspecified atom stereocenters. The molecule has 9 heteroatoms. The first-order valence-electron chi connectivity index (χ1n) is 8.66. The van der Waals surface area contributed by atoms with Gasteiger partial charge < -0.3 is 9.84 Å². The molecule has 0 aromatic heterocycles. The van der Waals surface area contributed by atoms with Crippen LogP contribution in [0.2, 0.25) is 0 Å². The quantitative estimate of drug-likeness (QED) is 0.277. The van der Waals surface area contributed by atoms with Gasteiger partial charge in [-0.15, -0.1) is 0 Å². The number of amides is 2. The standard InChI is InChI=1S/C18H17N3O6/c1-2-27-13-6-9(5-12(16(13)22)21(25)26)8-19-20-17(23)14-10-3-4-11(7-10)15(14)18(20)24/h3-6,8,10-11,14-15,22H,2,7H2,1H3/t10-,11-,14-,15+/m0/s1. The highest BCUT2D eigenvalue weighted by Crippen LogP contribution is 2.52. The number of carbonyl (C=O) groups is 2. The number of hydrogen-bond acceptors (Lipinski definition) is 7. The number of phenolic OH excluding ortho intramolecular Hbond substituents is 1. The fourth-order valence-corrected chi connectivity index (χ4v) is 4.22. The highest BCUT2D eigenvalue weighted by molar-refractivity contribution is 6.06. The van der Waals surface area contributed by atoms with Gasteiger partial charge in [-0.1, -0.05) is 12.2 Å². The Kier molecular flexibility index (Phi) is 3.94. The molecule has 27 heavy (non-hydrogen) atoms. The second-order valence-electron chi connectivity index (χ2n) is 6.81. The number of carbonyl (C=O) groups excluding carboxylic acids is 2. The maximum absolute atomic E-state index is 12.6. The van der Waals surface area contributed by atoms with E-state index in [1.165, 1.54) is 12.3 Å². The van der Waals surface area contributed by atoms with E-state index in [1.54, 1.807) is 6.92 Å². The zero-order chi connectivity index (χ0) is 19.3. The lowest BCUT2D eigenvalue weighted by atomic mass is 9.85. The summed E-state index contributed by atoms with van der Waals surface area (Å²) in [5.41, 5.74) is -0.303. The number of allylic oxidation sites excluding steroid dienone is 2. The molecule has 3 aliphatic rings. The first-order valence-corrected chi connectivity index (χ1v) is 8.66. The normalized spacial score (nSPS) is 28.4. The molecule has 140 valence electrons. The van der Waals surface area contributed by atoms with Crippen LogP contribution in [0.25, 0.3) is 0 Å². The van der Waals surface area contributed by atoms with Crippen LogP contribution >= 0.6 is 0 Å². The largest absolute Gasteiger partial charge is 0.500 e. The van der Waals surface area contributed by atoms with Crippen molar-refractivity contribution in [2.45, 2.75) is 13.3 Å². The highest BCUT2D eigenvalue weighted by Gasteiger charge is 2.59. The molecule has 1 aromatic carbocycles. The summed E-state index contributed by atoms with van der Waals surface area (Å²) in [7, 11) is 0. The van der Waals surface area contributed by atoms with Crippen molar-refractivity contribution in [2.24, 2.45) is 28.8 Å². The number of nitro benzene ring substituents is 1. The summed E-state index contributed by atoms with van der Waals surface area (Å²) < 4.78 is 5.21. The van der Waals surface area contributed by atoms with Crippen LogP contribution in [0.5, 0.6) is 11.5 Å². The van der Waals surface area contributed by atoms with Crippen molar-refractivity contribution in [1.29, 1.82) is 0 Å². The summed E-state index contributed by atoms with van der Waals surface area (Å²) in [5, 5.41) is 25.9. The van der Waals surface area contributed by atoms with Gasteiger partial charge in [0.15, 0.2) is 5.75 Å². The van der Waals surface area contributed by atoms with Crippen LogP contribution in [0.15, 0.2) is 29.4 Å². The Morgan fingerprint density at radius 2 is 1.93 bits per heavy atom. The molecule has 0 radical (unpaired) electrons. The van der Waals surface area contributed by atoms with E-state index < -0.39 is 16.4 Å². The average molecular weight is 371 g/mol. The number of nitro groups is 1. The zero-order valence-corrected chi connectivity index (χ0v) is 14.4. The summed E-state index contributed by atoms with van der Waals surface area (Å²) in [5.74, 6) is -1.88. The van der Waals surface area contributed by atoms with E-state index in [4.69, 9.17) is 4.74 Å². The van der Waals surface area contributed by atoms with E-state index in [0.717, 1.165) is 17.5 Å². The van der Waals surface area contributed by atoms with Crippen molar-refractivity contribution in [3.05, 3.63) is 40.0 Å². The van der Waals surface area contributed by atoms with Crippen LogP contribution in [0, 0.1) is 33.8 Å². The molecular weight excluding hydrogens is 354 g/mol. The fourth-order valence-electron chi connectivity index (χ4n) is 4.22. The van der Waals surface area contributed by atoms with Crippen LogP contribution in [-0.4, -0.2) is 39.7 Å². The SMILES string of the molecule is CCOc1cc(C=NN2C(=O)[C@@H]3[C@H](C2=O)[C@H]2C=C[C@H]3C2)cc([N+](=O)[O-])c1O. The Hall–Kier alpha value is -3.23. The van der Waals surface area contributed by atoms with Gasteiger partial charge in [0.2, 0.25) is 5.75 Å². The van der Waals surface area contributed by atoms with E-state index in [0.29, 0.717) is 0 Å². The van der Waals surface area contributed by atoms with Crippen LogP contribution in [0.3, 0.4) is 0 Å². The number of ether oxygens (including phenoxy) is 1. The number of aromatic hydroxyl groups is 1. The maximum Gasteiger partial charge on any atom is 0.315 e. The maximum atomic E-state index is 12.6. The third kappa shape index (κ3) is 2.57. The van der Waals surface area contributed by atoms with Crippen LogP contribution < -0.4 is 4.74 Å². The number of benzene rings is 1. The smallest absolute Gasteiger partial charge is 0.315 e. The molecule has 0 spiro atoms. The van der Waals surface area contributed by atoms with E-state index in [1.807, 2.05) is 12.2 Å². The lowest BCUT2D eigenvalue weighted by molar-refractivity contribution is -0.386. The number of imide groups is 1. The van der Waals surface area contributed by atoms with Gasteiger partial charge >= 0.3 is 5.69 Å². The molecule has 2 fully saturated rings. The molecule has 1 aliphatic heterocycles.